The van der Waals surface area contributed by atoms with Crippen LogP contribution >= 0.6 is 0 Å². The molecule has 1 aromatic rings. The Morgan fingerprint density at radius 2 is 1.87 bits per heavy atom. The van der Waals surface area contributed by atoms with Crippen LogP contribution in [0.15, 0.2) is 24.3 Å². The minimum Gasteiger partial charge on any atom is -0.497 e. The number of carbonyl (C=O) groups is 1. The topological polar surface area (TPSA) is 44.8 Å². The number of rotatable bonds is 4. The van der Waals surface area contributed by atoms with Gasteiger partial charge in [0.1, 0.15) is 5.75 Å². The summed E-state index contributed by atoms with van der Waals surface area (Å²) in [4.78, 5) is 10.6. The summed E-state index contributed by atoms with van der Waals surface area (Å²) in [5, 5.41) is 0. The molecule has 1 aromatic carbocycles. The average Bonchev–Trinajstić information content (AvgIpc) is 2.29. The Morgan fingerprint density at radius 1 is 1.20 bits per heavy atom. The van der Waals surface area contributed by atoms with E-state index in [1.165, 1.54) is 7.11 Å². The van der Waals surface area contributed by atoms with Crippen molar-refractivity contribution >= 4 is 6.16 Å². The first-order valence-electron chi connectivity index (χ1n) is 4.60. The van der Waals surface area contributed by atoms with Crippen LogP contribution in [0.25, 0.3) is 0 Å². The van der Waals surface area contributed by atoms with E-state index in [9.17, 15) is 4.79 Å². The third-order valence-electron chi connectivity index (χ3n) is 1.94. The van der Waals surface area contributed by atoms with E-state index in [2.05, 4.69) is 4.74 Å². The standard InChI is InChI=1S/C11H14O4/c1-13-10-5-3-9(4-6-10)7-8-15-11(12)14-2/h3-6H,7-8H2,1-2H3. The van der Waals surface area contributed by atoms with Gasteiger partial charge in [-0.1, -0.05) is 12.1 Å². The van der Waals surface area contributed by atoms with Crippen LogP contribution in [0.5, 0.6) is 5.75 Å². The van der Waals surface area contributed by atoms with Gasteiger partial charge in [-0.05, 0) is 17.7 Å². The Kier molecular flexibility index (Phi) is 4.47. The first-order chi connectivity index (χ1) is 7.26. The van der Waals surface area contributed by atoms with E-state index in [1.807, 2.05) is 24.3 Å². The lowest BCUT2D eigenvalue weighted by Crippen LogP contribution is -2.07. The quantitative estimate of drug-likeness (QED) is 0.713. The largest absolute Gasteiger partial charge is 0.507 e. The summed E-state index contributed by atoms with van der Waals surface area (Å²) >= 11 is 0. The van der Waals surface area contributed by atoms with E-state index < -0.39 is 6.16 Å². The SMILES string of the molecule is COC(=O)OCCc1ccc(OC)cc1. The molecule has 4 nitrogen and oxygen atoms in total. The van der Waals surface area contributed by atoms with Crippen molar-refractivity contribution in [3.63, 3.8) is 0 Å². The highest BCUT2D eigenvalue weighted by molar-refractivity contribution is 5.59. The Hall–Kier alpha value is -1.71. The number of benzene rings is 1. The fourth-order valence-corrected chi connectivity index (χ4v) is 1.10. The average molecular weight is 210 g/mol. The summed E-state index contributed by atoms with van der Waals surface area (Å²) < 4.78 is 14.1. The van der Waals surface area contributed by atoms with E-state index in [4.69, 9.17) is 9.47 Å². The van der Waals surface area contributed by atoms with Crippen LogP contribution in [0.4, 0.5) is 4.79 Å². The molecule has 0 saturated carbocycles. The van der Waals surface area contributed by atoms with Crippen molar-refractivity contribution in [2.75, 3.05) is 20.8 Å². The highest BCUT2D eigenvalue weighted by Crippen LogP contribution is 2.11. The van der Waals surface area contributed by atoms with Gasteiger partial charge < -0.3 is 14.2 Å². The zero-order chi connectivity index (χ0) is 11.1. The molecule has 82 valence electrons. The summed E-state index contributed by atoms with van der Waals surface area (Å²) in [5.41, 5.74) is 1.08. The lowest BCUT2D eigenvalue weighted by molar-refractivity contribution is 0.0737. The van der Waals surface area contributed by atoms with Gasteiger partial charge in [-0.3, -0.25) is 0 Å². The van der Waals surface area contributed by atoms with Crippen molar-refractivity contribution in [3.05, 3.63) is 29.8 Å². The first kappa shape index (κ1) is 11.4. The fraction of sp³-hybridized carbons (Fsp3) is 0.364. The summed E-state index contributed by atoms with van der Waals surface area (Å²) in [6, 6.07) is 7.60. The van der Waals surface area contributed by atoms with Crippen LogP contribution in [-0.2, 0) is 15.9 Å². The van der Waals surface area contributed by atoms with E-state index in [0.29, 0.717) is 13.0 Å². The van der Waals surface area contributed by atoms with Crippen LogP contribution in [0.3, 0.4) is 0 Å². The second-order valence-electron chi connectivity index (χ2n) is 2.90. The molecule has 1 rings (SSSR count). The maximum atomic E-state index is 10.6. The van der Waals surface area contributed by atoms with Gasteiger partial charge in [0.05, 0.1) is 20.8 Å². The van der Waals surface area contributed by atoms with Gasteiger partial charge in [0.25, 0.3) is 0 Å². The van der Waals surface area contributed by atoms with Gasteiger partial charge in [-0.25, -0.2) is 4.79 Å². The van der Waals surface area contributed by atoms with E-state index in [0.717, 1.165) is 11.3 Å². The maximum Gasteiger partial charge on any atom is 0.507 e. The van der Waals surface area contributed by atoms with Crippen LogP contribution in [0.2, 0.25) is 0 Å². The maximum absolute atomic E-state index is 10.6. The van der Waals surface area contributed by atoms with Gasteiger partial charge in [0, 0.05) is 6.42 Å². The Bertz CT molecular complexity index is 305. The predicted molar refractivity (Wildman–Crippen MR) is 55.1 cm³/mol. The van der Waals surface area contributed by atoms with Gasteiger partial charge in [0.2, 0.25) is 0 Å². The van der Waals surface area contributed by atoms with Crippen molar-refractivity contribution in [3.8, 4) is 5.75 Å². The van der Waals surface area contributed by atoms with Crippen LogP contribution in [-0.4, -0.2) is 27.0 Å². The third kappa shape index (κ3) is 3.89. The zero-order valence-corrected chi connectivity index (χ0v) is 8.86. The minimum absolute atomic E-state index is 0.318. The molecule has 0 aromatic heterocycles. The molecule has 0 spiro atoms. The third-order valence-corrected chi connectivity index (χ3v) is 1.94. The fourth-order valence-electron chi connectivity index (χ4n) is 1.10. The lowest BCUT2D eigenvalue weighted by atomic mass is 10.1. The molecule has 0 aliphatic heterocycles. The molecule has 0 aliphatic carbocycles. The summed E-state index contributed by atoms with van der Waals surface area (Å²) in [7, 11) is 2.91. The molecule has 0 radical (unpaired) electrons. The van der Waals surface area contributed by atoms with Gasteiger partial charge in [-0.15, -0.1) is 0 Å². The zero-order valence-electron chi connectivity index (χ0n) is 8.86. The van der Waals surface area contributed by atoms with Gasteiger partial charge in [-0.2, -0.15) is 0 Å². The minimum atomic E-state index is -0.650. The van der Waals surface area contributed by atoms with Crippen LogP contribution in [0, 0.1) is 0 Å². The number of carbonyl (C=O) groups excluding carboxylic acids is 1. The lowest BCUT2D eigenvalue weighted by Gasteiger charge is -2.04. The number of ether oxygens (including phenoxy) is 3. The molecule has 0 fully saturated rings. The molecule has 0 amide bonds. The summed E-state index contributed by atoms with van der Waals surface area (Å²) in [6.45, 7) is 0.318. The van der Waals surface area contributed by atoms with Crippen molar-refractivity contribution in [1.82, 2.24) is 0 Å². The van der Waals surface area contributed by atoms with Gasteiger partial charge >= 0.3 is 6.16 Å². The smallest absolute Gasteiger partial charge is 0.497 e. The second kappa shape index (κ2) is 5.90. The van der Waals surface area contributed by atoms with Crippen molar-refractivity contribution in [2.24, 2.45) is 0 Å². The molecule has 15 heavy (non-hydrogen) atoms. The van der Waals surface area contributed by atoms with Crippen molar-refractivity contribution in [2.45, 2.75) is 6.42 Å². The molecule has 0 heterocycles. The van der Waals surface area contributed by atoms with E-state index in [-0.39, 0.29) is 0 Å². The normalized spacial score (nSPS) is 9.47. The number of hydrogen-bond donors (Lipinski definition) is 0. The highest BCUT2D eigenvalue weighted by atomic mass is 16.7. The van der Waals surface area contributed by atoms with Crippen LogP contribution in [0.1, 0.15) is 5.56 Å². The Balaban J connectivity index is 2.34. The molecular weight excluding hydrogens is 196 g/mol. The van der Waals surface area contributed by atoms with E-state index >= 15 is 0 Å². The molecule has 4 heteroatoms. The Labute approximate surface area is 88.8 Å². The monoisotopic (exact) mass is 210 g/mol. The predicted octanol–water partition coefficient (Wildman–Crippen LogP) is 2.02. The molecule has 0 bridgehead atoms. The van der Waals surface area contributed by atoms with E-state index in [1.54, 1.807) is 7.11 Å². The second-order valence-corrected chi connectivity index (χ2v) is 2.90. The number of methoxy groups -OCH3 is 2. The van der Waals surface area contributed by atoms with Crippen molar-refractivity contribution in [1.29, 1.82) is 0 Å². The van der Waals surface area contributed by atoms with Crippen LogP contribution < -0.4 is 4.74 Å². The molecule has 0 saturated heterocycles. The first-order valence-corrected chi connectivity index (χ1v) is 4.60. The molecule has 0 N–H and O–H groups in total. The van der Waals surface area contributed by atoms with Gasteiger partial charge in [0.15, 0.2) is 0 Å². The molecular formula is C11H14O4. The molecule has 0 unspecified atom stereocenters. The molecule has 0 atom stereocenters. The molecule has 0 aliphatic rings. The summed E-state index contributed by atoms with van der Waals surface area (Å²) in [6.07, 6.45) is 0.0162. The summed E-state index contributed by atoms with van der Waals surface area (Å²) in [5.74, 6) is 0.813. The highest BCUT2D eigenvalue weighted by Gasteiger charge is 2.00. The Morgan fingerprint density at radius 3 is 2.40 bits per heavy atom. The number of hydrogen-bond acceptors (Lipinski definition) is 4. The van der Waals surface area contributed by atoms with Crippen molar-refractivity contribution < 1.29 is 19.0 Å².